The van der Waals surface area contributed by atoms with Crippen LogP contribution in [0.15, 0.2) is 121 Å². The Morgan fingerprint density at radius 2 is 0.604 bits per heavy atom. The van der Waals surface area contributed by atoms with E-state index in [1.54, 1.807) is 77.5 Å². The molecule has 0 spiro atoms. The van der Waals surface area contributed by atoms with Crippen LogP contribution in [-0.4, -0.2) is 174 Å². The van der Waals surface area contributed by atoms with Gasteiger partial charge in [0, 0.05) is 174 Å². The summed E-state index contributed by atoms with van der Waals surface area (Å²) in [5, 5.41) is 54.5. The average Bonchev–Trinajstić information content (AvgIpc) is 1.69. The fourth-order valence-corrected chi connectivity index (χ4v) is 22.7. The number of allylic oxidation sites excluding steroid dienone is 4. The van der Waals surface area contributed by atoms with Crippen LogP contribution in [0.25, 0.3) is 40.9 Å². The number of nitrogens with one attached hydrogen (secondary N) is 5. The molecule has 4 aromatic heterocycles. The van der Waals surface area contributed by atoms with Crippen LogP contribution in [0.5, 0.6) is 0 Å². The van der Waals surface area contributed by atoms with E-state index in [-0.39, 0.29) is 192 Å². The topological polar surface area (TPSA) is 449 Å². The first kappa shape index (κ1) is 116. The summed E-state index contributed by atoms with van der Waals surface area (Å²) in [6, 6.07) is 31.0. The molecule has 4 aliphatic rings. The number of Topliss-reactive ketones (excluding diaryl/α,β-unsaturated/α-hetero) is 7. The van der Waals surface area contributed by atoms with Crippen molar-refractivity contribution in [2.24, 2.45) is 47.3 Å². The van der Waals surface area contributed by atoms with Crippen molar-refractivity contribution < 1.29 is 76.5 Å². The van der Waals surface area contributed by atoms with E-state index < -0.39 is 23.7 Å². The van der Waals surface area contributed by atoms with E-state index in [0.29, 0.717) is 117 Å². The maximum Gasteiger partial charge on any atom is 0.224 e. The van der Waals surface area contributed by atoms with Crippen molar-refractivity contribution >= 4 is 156 Å². The van der Waals surface area contributed by atoms with Crippen LogP contribution < -0.4 is 26.6 Å². The van der Waals surface area contributed by atoms with Gasteiger partial charge in [0.1, 0.15) is 41.6 Å². The maximum absolute atomic E-state index is 13.6. The van der Waals surface area contributed by atoms with Crippen LogP contribution in [-0.2, 0) is 128 Å². The zero-order valence-corrected chi connectivity index (χ0v) is 87.8. The van der Waals surface area contributed by atoms with Gasteiger partial charge in [-0.1, -0.05) is 92.1 Å². The average molecular weight is 2040 g/mol. The highest BCUT2D eigenvalue weighted by Crippen LogP contribution is 2.36. The molecule has 0 bridgehead atoms. The molecule has 0 unspecified atom stereocenters. The van der Waals surface area contributed by atoms with Crippen molar-refractivity contribution in [3.05, 3.63) is 164 Å². The molecule has 0 saturated carbocycles. The summed E-state index contributed by atoms with van der Waals surface area (Å²) in [5.74, 6) is -3.71. The van der Waals surface area contributed by atoms with Crippen LogP contribution in [0.2, 0.25) is 0 Å². The molecule has 33 heteroatoms. The normalized spacial score (nSPS) is 15.7. The monoisotopic (exact) mass is 2040 g/mol. The molecule has 8 atom stereocenters. The van der Waals surface area contributed by atoms with Crippen molar-refractivity contribution in [3.63, 3.8) is 0 Å². The lowest BCUT2D eigenvalue weighted by atomic mass is 9.87. The summed E-state index contributed by atoms with van der Waals surface area (Å²) >= 11 is 6.26. The lowest BCUT2D eigenvalue weighted by Gasteiger charge is -2.32. The van der Waals surface area contributed by atoms with Crippen molar-refractivity contribution in [1.82, 2.24) is 46.5 Å². The Kier molecular flexibility index (Phi) is 48.4. The second kappa shape index (κ2) is 60.2. The molecule has 4 fully saturated rings. The molecule has 8 aromatic rings. The first-order valence-electron chi connectivity index (χ1n) is 50.6. The zero-order valence-electron chi connectivity index (χ0n) is 84.5. The van der Waals surface area contributed by atoms with Crippen LogP contribution in [0.4, 0.5) is 0 Å². The highest BCUT2D eigenvalue weighted by Gasteiger charge is 2.37. The standard InChI is InChI=1S/C29H37N3O4S.C28H35N3O4S.C27H34N4O4S.C27H33N3O4S/c1-4-6-23(33)16-22(17-28-31-25-8-7-20(5-2)15-27(25)37-28)29(35)32-24(21-11-13-36-14-12-21)9-10-26(34)19(3)18-30;1-4-19-6-7-24-26(14-19)36-27(30-24)16-21(15-22(32)5-2)28(34)31-23(20-10-12-35-13-11-20)8-9-25(33)18(3)17-29;1-4-18-5-6-22-24(13-18)36-26(30-22)15-20(14-25(33)29-3)27(34)31-21(19-9-11-35-12-10-19)7-8-23(32)17(2)16-28;1-4-19-5-6-23-25(14-19)35-26(29-23)15-21(13-18(3)31)27(33)30-22(20-9-11-34-12-10-20)7-8-24(32)17(2)16-28/h7-8,15,21-22,24H,3-6,9-14,16-17H2,1-2H3,(H,32,35);6-7,14,20-21,23H,3-5,8-13,15-16H2,1-2H3,(H,31,34);5-6,13,19-21H,2,4,7-12,14-15H2,1,3H3,(H,29,33)(H,31,34);5-6,14,20-22H,2,4,7-13,15H2,1,3H3,(H,30,33)/t22-,24+;21-,23+;20-,21+;21-,22+/m0000/s1. The third kappa shape index (κ3) is 36.8. The molecule has 144 heavy (non-hydrogen) atoms. The van der Waals surface area contributed by atoms with E-state index in [1.165, 1.54) is 29.2 Å². The summed E-state index contributed by atoms with van der Waals surface area (Å²) in [4.78, 5) is 171. The molecular weight excluding hydrogens is 1900 g/mol. The van der Waals surface area contributed by atoms with Gasteiger partial charge in [-0.25, -0.2) is 19.9 Å². The number of benzene rings is 4. The first-order chi connectivity index (χ1) is 69.3. The number of nitriles is 4. The number of ether oxygens (including phenoxy) is 4. The van der Waals surface area contributed by atoms with Crippen molar-refractivity contribution in [2.75, 3.05) is 59.9 Å². The van der Waals surface area contributed by atoms with Gasteiger partial charge in [-0.05, 0) is 211 Å². The molecule has 4 saturated heterocycles. The molecule has 4 aliphatic heterocycles. The molecule has 5 amide bonds. The molecule has 29 nitrogen and oxygen atoms in total. The SMILES string of the molecule is C=C(C#N)C(=O)CC[C@@H](NC(=O)[C@@H](CC(=O)CC)Cc1nc2ccc(CC)cc2s1)C1CCOCC1.C=C(C#N)C(=O)CC[C@@H](NC(=O)[C@@H](CC(=O)CCC)Cc1nc2ccc(CC)cc2s1)C1CCOCC1.C=C(C#N)C(=O)CC[C@@H](NC(=O)[C@@H](CC(=O)NC)Cc1nc2ccc(CC)cc2s1)C1CCOCC1.C=C(C#N)C(=O)CC[C@@H](NC(=O)[C@@H](CC(C)=O)Cc1nc2ccc(CC)cc2s1)C1CCOCC1. The molecule has 4 aromatic carbocycles. The van der Waals surface area contributed by atoms with Gasteiger partial charge in [-0.2, -0.15) is 21.0 Å². The van der Waals surface area contributed by atoms with E-state index >= 15 is 0 Å². The minimum atomic E-state index is -0.594. The number of carbonyl (C=O) groups excluding carboxylic acids is 12. The Morgan fingerprint density at radius 1 is 0.361 bits per heavy atom. The number of hydrogen-bond donors (Lipinski definition) is 5. The molecular formula is C111H139N13O16S4. The second-order valence-electron chi connectivity index (χ2n) is 37.5. The van der Waals surface area contributed by atoms with Crippen molar-refractivity contribution in [3.8, 4) is 24.3 Å². The van der Waals surface area contributed by atoms with E-state index in [0.717, 1.165) is 144 Å². The number of fused-ring (bicyclic) bond motifs is 4. The van der Waals surface area contributed by atoms with Crippen molar-refractivity contribution in [1.29, 1.82) is 21.0 Å². The largest absolute Gasteiger partial charge is 0.381 e. The number of hydrogen-bond acceptors (Lipinski definition) is 28. The molecule has 8 heterocycles. The number of aromatic nitrogens is 4. The number of nitrogens with zero attached hydrogens (tertiary/aromatic N) is 8. The van der Waals surface area contributed by atoms with E-state index in [9.17, 15) is 57.5 Å². The zero-order chi connectivity index (χ0) is 104. The predicted octanol–water partition coefficient (Wildman–Crippen LogP) is 17.7. The van der Waals surface area contributed by atoms with Gasteiger partial charge in [0.15, 0.2) is 23.1 Å². The summed E-state index contributed by atoms with van der Waals surface area (Å²) < 4.78 is 26.3. The Hall–Kier alpha value is -11.8. The molecule has 5 N–H and O–H groups in total. The van der Waals surface area contributed by atoms with Gasteiger partial charge >= 0.3 is 0 Å². The van der Waals surface area contributed by atoms with Gasteiger partial charge in [-0.3, -0.25) is 52.7 Å². The van der Waals surface area contributed by atoms with Crippen LogP contribution in [0.1, 0.15) is 238 Å². The maximum atomic E-state index is 13.6. The summed E-state index contributed by atoms with van der Waals surface area (Å²) in [7, 11) is 1.56. The third-order valence-electron chi connectivity index (χ3n) is 27.2. The lowest BCUT2D eigenvalue weighted by molar-refractivity contribution is -0.131. The number of amides is 5. The van der Waals surface area contributed by atoms with E-state index in [2.05, 4.69) is 129 Å². The second-order valence-corrected chi connectivity index (χ2v) is 42.0. The Morgan fingerprint density at radius 3 is 0.826 bits per heavy atom. The minimum absolute atomic E-state index is 0.0349. The quantitative estimate of drug-likeness (QED) is 0.0175. The summed E-state index contributed by atoms with van der Waals surface area (Å²) in [6.45, 7) is 32.6. The fourth-order valence-electron chi connectivity index (χ4n) is 18.3. The third-order valence-corrected chi connectivity index (χ3v) is 31.3. The van der Waals surface area contributed by atoms with Gasteiger partial charge < -0.3 is 50.3 Å². The summed E-state index contributed by atoms with van der Waals surface area (Å²) in [5.41, 5.74) is 8.26. The number of carbonyl (C=O) groups is 12. The smallest absolute Gasteiger partial charge is 0.224 e. The van der Waals surface area contributed by atoms with Gasteiger partial charge in [-0.15, -0.1) is 45.3 Å². The molecule has 12 rings (SSSR count). The number of aryl methyl sites for hydroxylation is 4. The molecule has 0 radical (unpaired) electrons. The molecule has 0 aliphatic carbocycles. The van der Waals surface area contributed by atoms with E-state index in [1.807, 2.05) is 37.3 Å². The van der Waals surface area contributed by atoms with E-state index in [4.69, 9.17) is 59.9 Å². The number of rotatable bonds is 51. The number of thiazole rings is 4. The predicted molar refractivity (Wildman–Crippen MR) is 561 cm³/mol. The Bertz CT molecular complexity index is 5840. The van der Waals surface area contributed by atoms with Crippen molar-refractivity contribution in [2.45, 2.75) is 272 Å². The number of ketones is 7. The fraction of sp³-hybridized carbons (Fsp3) is 0.532. The van der Waals surface area contributed by atoms with Gasteiger partial charge in [0.2, 0.25) is 29.5 Å². The minimum Gasteiger partial charge on any atom is -0.381 e. The van der Waals surface area contributed by atoms with Crippen LogP contribution in [0, 0.1) is 92.7 Å². The Labute approximate surface area is 861 Å². The van der Waals surface area contributed by atoms with Gasteiger partial charge in [0.05, 0.1) is 107 Å². The highest BCUT2D eigenvalue weighted by atomic mass is 32.1. The van der Waals surface area contributed by atoms with Crippen LogP contribution >= 0.6 is 45.3 Å². The van der Waals surface area contributed by atoms with Crippen LogP contribution in [0.3, 0.4) is 0 Å². The Balaban J connectivity index is 0.000000214. The first-order valence-corrected chi connectivity index (χ1v) is 53.9. The lowest BCUT2D eigenvalue weighted by Crippen LogP contribution is -2.46. The summed E-state index contributed by atoms with van der Waals surface area (Å²) in [6.07, 6.45) is 15.8. The van der Waals surface area contributed by atoms with Gasteiger partial charge in [0.25, 0.3) is 0 Å². The highest BCUT2D eigenvalue weighted by molar-refractivity contribution is 7.19. The molecule has 768 valence electrons.